The Morgan fingerprint density at radius 3 is 2.38 bits per heavy atom. The van der Waals surface area contributed by atoms with Gasteiger partial charge in [0.15, 0.2) is 11.4 Å². The Kier molecular flexibility index (Phi) is 4.49. The number of methoxy groups -OCH3 is 2. The molecule has 0 spiro atoms. The molecule has 0 aliphatic carbocycles. The van der Waals surface area contributed by atoms with Gasteiger partial charge in [0.1, 0.15) is 5.75 Å². The molecule has 0 radical (unpaired) electrons. The minimum Gasteiger partial charge on any atom is -0.497 e. The summed E-state index contributed by atoms with van der Waals surface area (Å²) in [5.41, 5.74) is -2.53. The number of nitrogens with zero attached hydrogens (tertiary/aromatic N) is 2. The number of ether oxygens (including phenoxy) is 2. The maximum atomic E-state index is 12.8. The molecule has 0 aliphatic heterocycles. The fraction of sp³-hybridized carbons (Fsp3) is 0.214. The van der Waals surface area contributed by atoms with Crippen LogP contribution in [0.4, 0.5) is 13.2 Å². The normalized spacial score (nSPS) is 11.2. The first kappa shape index (κ1) is 17.3. The monoisotopic (exact) mass is 344 g/mol. The van der Waals surface area contributed by atoms with Gasteiger partial charge in [-0.25, -0.2) is 14.3 Å². The Hall–Kier alpha value is -3.04. The van der Waals surface area contributed by atoms with Crippen molar-refractivity contribution in [2.45, 2.75) is 6.18 Å². The lowest BCUT2D eigenvalue weighted by molar-refractivity contribution is -0.141. The van der Waals surface area contributed by atoms with E-state index in [1.54, 1.807) is 0 Å². The van der Waals surface area contributed by atoms with Gasteiger partial charge in [0.25, 0.3) is 0 Å². The molecular formula is C14H11F3N2O5. The summed E-state index contributed by atoms with van der Waals surface area (Å²) in [4.78, 5) is 23.1. The largest absolute Gasteiger partial charge is 0.497 e. The van der Waals surface area contributed by atoms with Crippen LogP contribution in [-0.4, -0.2) is 41.0 Å². The van der Waals surface area contributed by atoms with E-state index >= 15 is 0 Å². The number of carbonyl (C=O) groups is 2. The number of aromatic nitrogens is 2. The molecule has 0 aliphatic rings. The van der Waals surface area contributed by atoms with Gasteiger partial charge in [0.2, 0.25) is 0 Å². The molecule has 0 fully saturated rings. The molecule has 0 amide bonds. The second kappa shape index (κ2) is 6.22. The Morgan fingerprint density at radius 1 is 1.21 bits per heavy atom. The average Bonchev–Trinajstić information content (AvgIpc) is 2.99. The third-order valence-corrected chi connectivity index (χ3v) is 3.06. The second-order valence-corrected chi connectivity index (χ2v) is 4.50. The Balaban J connectivity index is 2.73. The van der Waals surface area contributed by atoms with E-state index in [0.29, 0.717) is 10.7 Å². The number of hydrogen-bond donors (Lipinski definition) is 1. The van der Waals surface area contributed by atoms with Gasteiger partial charge >= 0.3 is 18.1 Å². The van der Waals surface area contributed by atoms with Crippen molar-refractivity contribution in [1.29, 1.82) is 0 Å². The van der Waals surface area contributed by atoms with Gasteiger partial charge in [-0.05, 0) is 18.2 Å². The van der Waals surface area contributed by atoms with E-state index in [4.69, 9.17) is 9.84 Å². The zero-order valence-corrected chi connectivity index (χ0v) is 12.4. The van der Waals surface area contributed by atoms with Crippen LogP contribution in [0.15, 0.2) is 24.3 Å². The Morgan fingerprint density at radius 2 is 1.88 bits per heavy atom. The average molecular weight is 344 g/mol. The van der Waals surface area contributed by atoms with Crippen LogP contribution >= 0.6 is 0 Å². The molecule has 0 saturated carbocycles. The standard InChI is InChI=1S/C14H11F3N2O5/c1-23-7-3-4-9(8(5-7)13(22)24-2)19-10(12(20)21)6-11(18-19)14(15,16)17/h3-6H,1-2H3,(H,20,21). The van der Waals surface area contributed by atoms with Crippen LogP contribution in [0, 0.1) is 0 Å². The molecule has 128 valence electrons. The first-order valence-electron chi connectivity index (χ1n) is 6.36. The molecule has 0 atom stereocenters. The van der Waals surface area contributed by atoms with Crippen molar-refractivity contribution in [2.24, 2.45) is 0 Å². The number of carbonyl (C=O) groups excluding carboxylic acids is 1. The van der Waals surface area contributed by atoms with Crippen LogP contribution in [-0.2, 0) is 10.9 Å². The molecule has 0 unspecified atom stereocenters. The fourth-order valence-electron chi connectivity index (χ4n) is 1.96. The van der Waals surface area contributed by atoms with Crippen LogP contribution < -0.4 is 4.74 Å². The van der Waals surface area contributed by atoms with Crippen molar-refractivity contribution in [3.8, 4) is 11.4 Å². The highest BCUT2D eigenvalue weighted by Gasteiger charge is 2.36. The molecule has 0 bridgehead atoms. The zero-order chi connectivity index (χ0) is 18.1. The van der Waals surface area contributed by atoms with E-state index in [2.05, 4.69) is 9.84 Å². The summed E-state index contributed by atoms with van der Waals surface area (Å²) < 4.78 is 48.5. The minimum atomic E-state index is -4.84. The van der Waals surface area contributed by atoms with E-state index < -0.39 is 29.5 Å². The zero-order valence-electron chi connectivity index (χ0n) is 12.4. The number of carboxylic acid groups (broad SMARTS) is 1. The van der Waals surface area contributed by atoms with Crippen molar-refractivity contribution in [1.82, 2.24) is 9.78 Å². The van der Waals surface area contributed by atoms with Gasteiger partial charge in [0.05, 0.1) is 25.5 Å². The lowest BCUT2D eigenvalue weighted by Crippen LogP contribution is -2.14. The maximum Gasteiger partial charge on any atom is 0.435 e. The number of alkyl halides is 3. The highest BCUT2D eigenvalue weighted by atomic mass is 19.4. The molecule has 1 heterocycles. The Bertz CT molecular complexity index is 798. The summed E-state index contributed by atoms with van der Waals surface area (Å²) in [5, 5.41) is 12.4. The third-order valence-electron chi connectivity index (χ3n) is 3.06. The summed E-state index contributed by atoms with van der Waals surface area (Å²) in [5.74, 6) is -2.28. The van der Waals surface area contributed by atoms with Gasteiger partial charge in [-0.1, -0.05) is 0 Å². The summed E-state index contributed by atoms with van der Waals surface area (Å²) in [6, 6.07) is 4.16. The number of aromatic carboxylic acids is 1. The van der Waals surface area contributed by atoms with E-state index in [9.17, 15) is 22.8 Å². The van der Waals surface area contributed by atoms with Crippen LogP contribution in [0.2, 0.25) is 0 Å². The SMILES string of the molecule is COC(=O)c1cc(OC)ccc1-n1nc(C(F)(F)F)cc1C(=O)O. The number of carboxylic acids is 1. The number of halogens is 3. The van der Waals surface area contributed by atoms with Gasteiger partial charge in [0, 0.05) is 6.07 Å². The summed E-state index contributed by atoms with van der Waals surface area (Å²) in [6.07, 6.45) is -4.84. The van der Waals surface area contributed by atoms with E-state index in [0.717, 1.165) is 7.11 Å². The van der Waals surface area contributed by atoms with Gasteiger partial charge in [-0.15, -0.1) is 0 Å². The molecule has 2 rings (SSSR count). The predicted molar refractivity (Wildman–Crippen MR) is 73.4 cm³/mol. The number of hydrogen-bond acceptors (Lipinski definition) is 5. The highest BCUT2D eigenvalue weighted by Crippen LogP contribution is 2.31. The first-order valence-corrected chi connectivity index (χ1v) is 6.36. The van der Waals surface area contributed by atoms with Crippen LogP contribution in [0.3, 0.4) is 0 Å². The number of benzene rings is 1. The smallest absolute Gasteiger partial charge is 0.435 e. The van der Waals surface area contributed by atoms with Crippen molar-refractivity contribution < 1.29 is 37.3 Å². The molecule has 7 nitrogen and oxygen atoms in total. The van der Waals surface area contributed by atoms with Crippen molar-refractivity contribution >= 4 is 11.9 Å². The van der Waals surface area contributed by atoms with Gasteiger partial charge in [-0.3, -0.25) is 0 Å². The number of rotatable bonds is 4. The van der Waals surface area contributed by atoms with Crippen molar-refractivity contribution in [3.05, 3.63) is 41.2 Å². The molecule has 1 N–H and O–H groups in total. The maximum absolute atomic E-state index is 12.8. The van der Waals surface area contributed by atoms with Crippen molar-refractivity contribution in [2.75, 3.05) is 14.2 Å². The lowest BCUT2D eigenvalue weighted by atomic mass is 10.1. The van der Waals surface area contributed by atoms with Gasteiger partial charge < -0.3 is 14.6 Å². The summed E-state index contributed by atoms with van der Waals surface area (Å²) in [6.45, 7) is 0. The topological polar surface area (TPSA) is 90.7 Å². The highest BCUT2D eigenvalue weighted by molar-refractivity contribution is 5.95. The summed E-state index contributed by atoms with van der Waals surface area (Å²) in [7, 11) is 2.41. The van der Waals surface area contributed by atoms with Crippen LogP contribution in [0.25, 0.3) is 5.69 Å². The predicted octanol–water partition coefficient (Wildman–Crippen LogP) is 2.38. The lowest BCUT2D eigenvalue weighted by Gasteiger charge is -2.11. The molecule has 2 aromatic rings. The molecule has 1 aromatic heterocycles. The molecule has 24 heavy (non-hydrogen) atoms. The minimum absolute atomic E-state index is 0.185. The Labute approximate surface area is 133 Å². The number of esters is 1. The fourth-order valence-corrected chi connectivity index (χ4v) is 1.96. The quantitative estimate of drug-likeness (QED) is 0.857. The third kappa shape index (κ3) is 3.16. The van der Waals surface area contributed by atoms with Crippen LogP contribution in [0.1, 0.15) is 26.5 Å². The van der Waals surface area contributed by atoms with Crippen LogP contribution in [0.5, 0.6) is 5.75 Å². The molecule has 10 heteroatoms. The van der Waals surface area contributed by atoms with E-state index in [1.807, 2.05) is 0 Å². The van der Waals surface area contributed by atoms with E-state index in [1.165, 1.54) is 25.3 Å². The molecular weight excluding hydrogens is 333 g/mol. The second-order valence-electron chi connectivity index (χ2n) is 4.50. The van der Waals surface area contributed by atoms with Crippen molar-refractivity contribution in [3.63, 3.8) is 0 Å². The van der Waals surface area contributed by atoms with Gasteiger partial charge in [-0.2, -0.15) is 18.3 Å². The van der Waals surface area contributed by atoms with E-state index in [-0.39, 0.29) is 17.0 Å². The molecule has 1 aromatic carbocycles. The summed E-state index contributed by atoms with van der Waals surface area (Å²) >= 11 is 0. The molecule has 0 saturated heterocycles. The first-order chi connectivity index (χ1) is 11.2.